The minimum absolute atomic E-state index is 0. The summed E-state index contributed by atoms with van der Waals surface area (Å²) in [5.74, 6) is 1.20. The minimum atomic E-state index is -0.305. The number of hydrogen-bond acceptors (Lipinski definition) is 3. The van der Waals surface area contributed by atoms with Crippen LogP contribution in [0.3, 0.4) is 0 Å². The van der Waals surface area contributed by atoms with Gasteiger partial charge in [0.2, 0.25) is 0 Å². The van der Waals surface area contributed by atoms with Crippen LogP contribution in [0.1, 0.15) is 36.8 Å². The molecule has 2 fully saturated rings. The number of nitrogens with one attached hydrogen (secondary N) is 1. The lowest BCUT2D eigenvalue weighted by Gasteiger charge is -2.54. The molecule has 1 heterocycles. The van der Waals surface area contributed by atoms with Crippen molar-refractivity contribution in [1.29, 1.82) is 0 Å². The molecule has 108 valence electrons. The van der Waals surface area contributed by atoms with Crippen LogP contribution in [0.4, 0.5) is 0 Å². The molecular weight excluding hydrogens is 274 g/mol. The second kappa shape index (κ2) is 4.74. The summed E-state index contributed by atoms with van der Waals surface area (Å²) < 4.78 is 0. The van der Waals surface area contributed by atoms with Crippen molar-refractivity contribution in [2.24, 2.45) is 5.92 Å². The molecule has 4 heteroatoms. The third-order valence-electron chi connectivity index (χ3n) is 5.52. The van der Waals surface area contributed by atoms with Crippen LogP contribution in [-0.2, 0) is 16.6 Å². The molecule has 0 radical (unpaired) electrons. The van der Waals surface area contributed by atoms with Gasteiger partial charge in [0.25, 0.3) is 0 Å². The molecule has 1 saturated carbocycles. The second-order valence-electron chi connectivity index (χ2n) is 6.21. The molecule has 20 heavy (non-hydrogen) atoms. The molecule has 3 nitrogen and oxygen atoms in total. The molecule has 0 spiro atoms. The first kappa shape index (κ1) is 13.9. The Hall–Kier alpha value is -1.06. The van der Waals surface area contributed by atoms with Gasteiger partial charge in [-0.3, -0.25) is 4.79 Å². The quantitative estimate of drug-likeness (QED) is 0.772. The Morgan fingerprint density at radius 3 is 3.05 bits per heavy atom. The zero-order chi connectivity index (χ0) is 13.0. The van der Waals surface area contributed by atoms with Gasteiger partial charge in [-0.2, -0.15) is 0 Å². The van der Waals surface area contributed by atoms with Crippen LogP contribution >= 0.6 is 12.4 Å². The number of piperidine rings is 1. The first-order chi connectivity index (χ1) is 9.23. The summed E-state index contributed by atoms with van der Waals surface area (Å²) in [4.78, 5) is 12.7. The van der Waals surface area contributed by atoms with Crippen molar-refractivity contribution in [2.75, 3.05) is 6.54 Å². The zero-order valence-corrected chi connectivity index (χ0v) is 12.2. The second-order valence-corrected chi connectivity index (χ2v) is 6.21. The van der Waals surface area contributed by atoms with E-state index in [1.54, 1.807) is 6.07 Å². The van der Waals surface area contributed by atoms with Crippen molar-refractivity contribution >= 4 is 18.2 Å². The fourth-order valence-electron chi connectivity index (χ4n) is 4.75. The molecule has 1 saturated heterocycles. The number of fused-ring (bicyclic) bond motifs is 1. The standard InChI is InChI=1S/C16H19NO2.ClH/c18-14-5-1-3-11-10(14)9-13-12-4-2-6-15(19)16(11,12)7-8-17-13;/h1,3,5,12-13,17-18H,2,4,6-9H2;1H/t12-,13+,16+;/m0./s1. The highest BCUT2D eigenvalue weighted by Gasteiger charge is 2.56. The number of halogens is 1. The lowest BCUT2D eigenvalue weighted by atomic mass is 9.52. The van der Waals surface area contributed by atoms with Gasteiger partial charge in [-0.1, -0.05) is 12.1 Å². The maximum Gasteiger partial charge on any atom is 0.143 e. The maximum absolute atomic E-state index is 12.7. The molecule has 2 aliphatic carbocycles. The average molecular weight is 294 g/mol. The summed E-state index contributed by atoms with van der Waals surface area (Å²) in [6, 6.07) is 6.08. The molecule has 4 rings (SSSR count). The number of phenols is 1. The fourth-order valence-corrected chi connectivity index (χ4v) is 4.75. The zero-order valence-electron chi connectivity index (χ0n) is 11.4. The predicted octanol–water partition coefficient (Wildman–Crippen LogP) is 2.34. The number of hydrogen-bond donors (Lipinski definition) is 2. The molecule has 1 aliphatic heterocycles. The van der Waals surface area contributed by atoms with Gasteiger partial charge < -0.3 is 10.4 Å². The van der Waals surface area contributed by atoms with Crippen molar-refractivity contribution in [3.63, 3.8) is 0 Å². The Morgan fingerprint density at radius 1 is 1.35 bits per heavy atom. The number of aromatic hydroxyl groups is 1. The number of carbonyl (C=O) groups is 1. The van der Waals surface area contributed by atoms with Crippen LogP contribution in [0.2, 0.25) is 0 Å². The summed E-state index contributed by atoms with van der Waals surface area (Å²) >= 11 is 0. The molecule has 0 unspecified atom stereocenters. The Bertz CT molecular complexity index is 559. The van der Waals surface area contributed by atoms with Gasteiger partial charge >= 0.3 is 0 Å². The summed E-state index contributed by atoms with van der Waals surface area (Å²) in [5, 5.41) is 13.7. The third-order valence-corrected chi connectivity index (χ3v) is 5.52. The molecule has 1 aromatic rings. The average Bonchev–Trinajstić information content (AvgIpc) is 2.40. The highest BCUT2D eigenvalue weighted by molar-refractivity contribution is 5.92. The van der Waals surface area contributed by atoms with Crippen LogP contribution in [0.25, 0.3) is 0 Å². The Balaban J connectivity index is 0.00000121. The molecule has 0 aromatic heterocycles. The monoisotopic (exact) mass is 293 g/mol. The summed E-state index contributed by atoms with van der Waals surface area (Å²) in [6.45, 7) is 0.919. The molecule has 0 amide bonds. The Kier molecular flexibility index (Phi) is 3.30. The van der Waals surface area contributed by atoms with E-state index in [4.69, 9.17) is 0 Å². The SMILES string of the molecule is Cl.O=C1CCC[C@H]2[C@H]3Cc4c(O)cccc4[C@@]12CCN3. The number of carbonyl (C=O) groups excluding carboxylic acids is 1. The lowest BCUT2D eigenvalue weighted by molar-refractivity contribution is -0.132. The van der Waals surface area contributed by atoms with Crippen molar-refractivity contribution in [3.8, 4) is 5.75 Å². The highest BCUT2D eigenvalue weighted by atomic mass is 35.5. The largest absolute Gasteiger partial charge is 0.508 e. The smallest absolute Gasteiger partial charge is 0.143 e. The Labute approximate surface area is 125 Å². The molecule has 2 bridgehead atoms. The van der Waals surface area contributed by atoms with E-state index in [1.165, 1.54) is 0 Å². The lowest BCUT2D eigenvalue weighted by Crippen LogP contribution is -2.62. The van der Waals surface area contributed by atoms with E-state index >= 15 is 0 Å². The van der Waals surface area contributed by atoms with Crippen LogP contribution in [0.5, 0.6) is 5.75 Å². The van der Waals surface area contributed by atoms with Crippen LogP contribution in [0, 0.1) is 5.92 Å². The molecule has 3 aliphatic rings. The number of rotatable bonds is 0. The van der Waals surface area contributed by atoms with E-state index in [0.717, 1.165) is 43.4 Å². The number of benzene rings is 1. The molecule has 2 N–H and O–H groups in total. The number of Topliss-reactive ketones (excluding diaryl/α,β-unsaturated/α-hetero) is 1. The van der Waals surface area contributed by atoms with Gasteiger partial charge in [-0.25, -0.2) is 0 Å². The van der Waals surface area contributed by atoms with Crippen LogP contribution in [-0.4, -0.2) is 23.5 Å². The third kappa shape index (κ3) is 1.60. The molecule has 1 aromatic carbocycles. The first-order valence-electron chi connectivity index (χ1n) is 7.31. The predicted molar refractivity (Wildman–Crippen MR) is 79.5 cm³/mol. The summed E-state index contributed by atoms with van der Waals surface area (Å²) in [7, 11) is 0. The van der Waals surface area contributed by atoms with Gasteiger partial charge in [0.05, 0.1) is 5.41 Å². The van der Waals surface area contributed by atoms with E-state index in [0.29, 0.717) is 29.9 Å². The summed E-state index contributed by atoms with van der Waals surface area (Å²) in [6.07, 6.45) is 4.62. The van der Waals surface area contributed by atoms with Gasteiger partial charge in [0.1, 0.15) is 11.5 Å². The van der Waals surface area contributed by atoms with Crippen LogP contribution < -0.4 is 5.32 Å². The van der Waals surface area contributed by atoms with Crippen molar-refractivity contribution in [1.82, 2.24) is 5.32 Å². The Morgan fingerprint density at radius 2 is 2.20 bits per heavy atom. The molecule has 3 atom stereocenters. The van der Waals surface area contributed by atoms with Gasteiger partial charge in [0.15, 0.2) is 0 Å². The fraction of sp³-hybridized carbons (Fsp3) is 0.562. The van der Waals surface area contributed by atoms with E-state index in [9.17, 15) is 9.90 Å². The topological polar surface area (TPSA) is 49.3 Å². The van der Waals surface area contributed by atoms with Crippen molar-refractivity contribution < 1.29 is 9.90 Å². The van der Waals surface area contributed by atoms with Crippen molar-refractivity contribution in [3.05, 3.63) is 29.3 Å². The van der Waals surface area contributed by atoms with Gasteiger partial charge in [0, 0.05) is 12.5 Å². The maximum atomic E-state index is 12.7. The summed E-state index contributed by atoms with van der Waals surface area (Å²) in [5.41, 5.74) is 1.83. The van der Waals surface area contributed by atoms with Gasteiger partial charge in [-0.15, -0.1) is 12.4 Å². The molecular formula is C16H20ClNO2. The van der Waals surface area contributed by atoms with E-state index in [-0.39, 0.29) is 17.8 Å². The van der Waals surface area contributed by atoms with Crippen LogP contribution in [0.15, 0.2) is 18.2 Å². The number of ketones is 1. The first-order valence-corrected chi connectivity index (χ1v) is 7.31. The van der Waals surface area contributed by atoms with Gasteiger partial charge in [-0.05, 0) is 55.3 Å². The van der Waals surface area contributed by atoms with E-state index < -0.39 is 0 Å². The highest BCUT2D eigenvalue weighted by Crippen LogP contribution is 2.53. The normalized spacial score (nSPS) is 34.7. The van der Waals surface area contributed by atoms with E-state index in [2.05, 4.69) is 11.4 Å². The number of phenolic OH excluding ortho intramolecular Hbond substituents is 1. The van der Waals surface area contributed by atoms with E-state index in [1.807, 2.05) is 6.07 Å². The minimum Gasteiger partial charge on any atom is -0.508 e. The van der Waals surface area contributed by atoms with Crippen molar-refractivity contribution in [2.45, 2.75) is 43.6 Å².